The fourth-order valence-electron chi connectivity index (χ4n) is 2.37. The number of hydrogen-bond acceptors (Lipinski definition) is 3. The average Bonchev–Trinajstić information content (AvgIpc) is 2.65. The topological polar surface area (TPSA) is 58.6 Å². The number of rotatable bonds is 6. The molecule has 4 nitrogen and oxygen atoms in total. The van der Waals surface area contributed by atoms with Gasteiger partial charge in [-0.3, -0.25) is 4.79 Å². The van der Waals surface area contributed by atoms with Crippen molar-refractivity contribution < 1.29 is 14.6 Å². The van der Waals surface area contributed by atoms with Gasteiger partial charge in [0.25, 0.3) is 0 Å². The van der Waals surface area contributed by atoms with E-state index in [1.54, 1.807) is 7.11 Å². The van der Waals surface area contributed by atoms with Crippen LogP contribution in [-0.2, 0) is 9.53 Å². The van der Waals surface area contributed by atoms with Crippen LogP contribution in [0.25, 0.3) is 0 Å². The van der Waals surface area contributed by atoms with Crippen molar-refractivity contribution in [1.82, 2.24) is 5.32 Å². The molecule has 1 fully saturated rings. The molecular formula is C12H23NO3. The van der Waals surface area contributed by atoms with Crippen LogP contribution < -0.4 is 5.32 Å². The highest BCUT2D eigenvalue weighted by molar-refractivity contribution is 5.76. The number of ether oxygens (including phenoxy) is 1. The number of amides is 1. The monoisotopic (exact) mass is 229 g/mol. The fourth-order valence-corrected chi connectivity index (χ4v) is 2.37. The smallest absolute Gasteiger partial charge is 0.220 e. The second kappa shape index (κ2) is 6.86. The maximum atomic E-state index is 11.7. The van der Waals surface area contributed by atoms with Crippen LogP contribution in [0.5, 0.6) is 0 Å². The molecule has 3 unspecified atom stereocenters. The first kappa shape index (κ1) is 13.5. The third-order valence-corrected chi connectivity index (χ3v) is 3.23. The van der Waals surface area contributed by atoms with Gasteiger partial charge >= 0.3 is 0 Å². The third-order valence-electron chi connectivity index (χ3n) is 3.23. The molecule has 1 aliphatic rings. The second-order valence-electron chi connectivity index (χ2n) is 4.81. The zero-order chi connectivity index (χ0) is 12.0. The lowest BCUT2D eigenvalue weighted by molar-refractivity contribution is -0.123. The Morgan fingerprint density at radius 2 is 2.31 bits per heavy atom. The van der Waals surface area contributed by atoms with Gasteiger partial charge in [-0.1, -0.05) is 13.3 Å². The number of aliphatic hydroxyl groups excluding tert-OH is 1. The van der Waals surface area contributed by atoms with E-state index < -0.39 is 0 Å². The Balaban J connectivity index is 2.28. The van der Waals surface area contributed by atoms with E-state index in [2.05, 4.69) is 5.32 Å². The highest BCUT2D eigenvalue weighted by Gasteiger charge is 2.27. The van der Waals surface area contributed by atoms with Gasteiger partial charge in [0.1, 0.15) is 0 Å². The van der Waals surface area contributed by atoms with Crippen molar-refractivity contribution in [3.8, 4) is 0 Å². The average molecular weight is 229 g/mol. The molecule has 1 saturated carbocycles. The van der Waals surface area contributed by atoms with E-state index in [0.29, 0.717) is 13.0 Å². The highest BCUT2D eigenvalue weighted by Crippen LogP contribution is 2.25. The molecule has 0 bridgehead atoms. The summed E-state index contributed by atoms with van der Waals surface area (Å²) in [6.45, 7) is 2.79. The summed E-state index contributed by atoms with van der Waals surface area (Å²) in [5.41, 5.74) is 0. The lowest BCUT2D eigenvalue weighted by Gasteiger charge is -2.20. The predicted octanol–water partition coefficient (Wildman–Crippen LogP) is 0.936. The summed E-state index contributed by atoms with van der Waals surface area (Å²) >= 11 is 0. The van der Waals surface area contributed by atoms with Gasteiger partial charge in [0, 0.05) is 38.7 Å². The van der Waals surface area contributed by atoms with Crippen LogP contribution >= 0.6 is 0 Å². The summed E-state index contributed by atoms with van der Waals surface area (Å²) in [4.78, 5) is 11.7. The minimum atomic E-state index is 0.0786. The summed E-state index contributed by atoms with van der Waals surface area (Å²) in [6, 6.07) is 0.173. The molecular weight excluding hydrogens is 206 g/mol. The molecule has 0 saturated heterocycles. The quantitative estimate of drug-likeness (QED) is 0.712. The van der Waals surface area contributed by atoms with E-state index in [1.165, 1.54) is 0 Å². The Morgan fingerprint density at radius 3 is 2.94 bits per heavy atom. The molecule has 1 amide bonds. The molecule has 0 aromatic carbocycles. The standard InChI is InChI=1S/C12H23NO3/c1-9(8-16-2)6-12(15)13-11-5-3-4-10(11)7-14/h9-11,14H,3-8H2,1-2H3,(H,13,15). The van der Waals surface area contributed by atoms with Crippen molar-refractivity contribution in [3.05, 3.63) is 0 Å². The van der Waals surface area contributed by atoms with E-state index in [1.807, 2.05) is 6.92 Å². The first-order valence-corrected chi connectivity index (χ1v) is 6.06. The number of aliphatic hydroxyl groups is 1. The van der Waals surface area contributed by atoms with Gasteiger partial charge in [-0.25, -0.2) is 0 Å². The van der Waals surface area contributed by atoms with E-state index >= 15 is 0 Å². The van der Waals surface area contributed by atoms with Gasteiger partial charge in [-0.05, 0) is 18.8 Å². The van der Waals surface area contributed by atoms with E-state index in [-0.39, 0.29) is 30.4 Å². The second-order valence-corrected chi connectivity index (χ2v) is 4.81. The Labute approximate surface area is 97.4 Å². The molecule has 0 aliphatic heterocycles. The van der Waals surface area contributed by atoms with Crippen LogP contribution in [0.2, 0.25) is 0 Å². The van der Waals surface area contributed by atoms with Crippen LogP contribution in [0.1, 0.15) is 32.6 Å². The molecule has 0 aromatic heterocycles. The number of nitrogens with one attached hydrogen (secondary N) is 1. The van der Waals surface area contributed by atoms with Crippen molar-refractivity contribution >= 4 is 5.91 Å². The zero-order valence-electron chi connectivity index (χ0n) is 10.2. The maximum Gasteiger partial charge on any atom is 0.220 e. The number of methoxy groups -OCH3 is 1. The first-order chi connectivity index (χ1) is 7.67. The largest absolute Gasteiger partial charge is 0.396 e. The van der Waals surface area contributed by atoms with Gasteiger partial charge in [0.2, 0.25) is 5.91 Å². The van der Waals surface area contributed by atoms with Crippen molar-refractivity contribution in [2.75, 3.05) is 20.3 Å². The van der Waals surface area contributed by atoms with Gasteiger partial charge in [-0.2, -0.15) is 0 Å². The molecule has 3 atom stereocenters. The summed E-state index contributed by atoms with van der Waals surface area (Å²) in [5.74, 6) is 0.579. The zero-order valence-corrected chi connectivity index (χ0v) is 10.2. The van der Waals surface area contributed by atoms with Crippen LogP contribution in [0.3, 0.4) is 0 Å². The molecule has 0 radical (unpaired) electrons. The molecule has 0 spiro atoms. The van der Waals surface area contributed by atoms with Crippen molar-refractivity contribution in [2.45, 2.75) is 38.6 Å². The summed E-state index contributed by atoms with van der Waals surface area (Å²) in [7, 11) is 1.65. The van der Waals surface area contributed by atoms with Crippen LogP contribution in [-0.4, -0.2) is 37.4 Å². The minimum Gasteiger partial charge on any atom is -0.396 e. The Morgan fingerprint density at radius 1 is 1.56 bits per heavy atom. The molecule has 0 heterocycles. The SMILES string of the molecule is COCC(C)CC(=O)NC1CCCC1CO. The number of carbonyl (C=O) groups is 1. The third kappa shape index (κ3) is 4.10. The van der Waals surface area contributed by atoms with Gasteiger partial charge in [0.05, 0.1) is 0 Å². The minimum absolute atomic E-state index is 0.0786. The lowest BCUT2D eigenvalue weighted by atomic mass is 10.0. The highest BCUT2D eigenvalue weighted by atomic mass is 16.5. The number of carbonyl (C=O) groups excluding carboxylic acids is 1. The van der Waals surface area contributed by atoms with Gasteiger partial charge in [-0.15, -0.1) is 0 Å². The predicted molar refractivity (Wildman–Crippen MR) is 62.0 cm³/mol. The van der Waals surface area contributed by atoms with Crippen LogP contribution in [0, 0.1) is 11.8 Å². The first-order valence-electron chi connectivity index (χ1n) is 6.06. The molecule has 1 rings (SSSR count). The van der Waals surface area contributed by atoms with Gasteiger partial charge < -0.3 is 15.2 Å². The molecule has 2 N–H and O–H groups in total. The van der Waals surface area contributed by atoms with E-state index in [0.717, 1.165) is 19.3 Å². The summed E-state index contributed by atoms with van der Waals surface area (Å²) < 4.78 is 5.00. The summed E-state index contributed by atoms with van der Waals surface area (Å²) in [6.07, 6.45) is 3.62. The van der Waals surface area contributed by atoms with Crippen molar-refractivity contribution in [1.29, 1.82) is 0 Å². The van der Waals surface area contributed by atoms with Crippen molar-refractivity contribution in [2.24, 2.45) is 11.8 Å². The normalized spacial score (nSPS) is 26.7. The molecule has 4 heteroatoms. The van der Waals surface area contributed by atoms with Crippen LogP contribution in [0.15, 0.2) is 0 Å². The van der Waals surface area contributed by atoms with E-state index in [4.69, 9.17) is 9.84 Å². The fraction of sp³-hybridized carbons (Fsp3) is 0.917. The summed E-state index contributed by atoms with van der Waals surface area (Å²) in [5, 5.41) is 12.2. The maximum absolute atomic E-state index is 11.7. The van der Waals surface area contributed by atoms with E-state index in [9.17, 15) is 4.79 Å². The molecule has 1 aliphatic carbocycles. The molecule has 94 valence electrons. The molecule has 0 aromatic rings. The van der Waals surface area contributed by atoms with Crippen LogP contribution in [0.4, 0.5) is 0 Å². The van der Waals surface area contributed by atoms with Crippen molar-refractivity contribution in [3.63, 3.8) is 0 Å². The van der Waals surface area contributed by atoms with Gasteiger partial charge in [0.15, 0.2) is 0 Å². The lowest BCUT2D eigenvalue weighted by Crippen LogP contribution is -2.39. The Bertz CT molecular complexity index is 220. The number of hydrogen-bond donors (Lipinski definition) is 2. The molecule has 16 heavy (non-hydrogen) atoms. The Kier molecular flexibility index (Phi) is 5.77. The Hall–Kier alpha value is -0.610.